The van der Waals surface area contributed by atoms with E-state index in [1.54, 1.807) is 24.7 Å². The maximum atomic E-state index is 15.0. The minimum absolute atomic E-state index is 0.0432. The molecular weight excluding hydrogens is 473 g/mol. The van der Waals surface area contributed by atoms with E-state index in [4.69, 9.17) is 4.74 Å². The average molecular weight is 502 g/mol. The summed E-state index contributed by atoms with van der Waals surface area (Å²) >= 11 is 0. The van der Waals surface area contributed by atoms with Crippen molar-refractivity contribution in [1.29, 1.82) is 0 Å². The van der Waals surface area contributed by atoms with E-state index in [0.717, 1.165) is 56.2 Å². The predicted molar refractivity (Wildman–Crippen MR) is 138 cm³/mol. The molecule has 2 aliphatic rings. The number of nitrogens with one attached hydrogen (secondary N) is 2. The van der Waals surface area contributed by atoms with Gasteiger partial charge in [-0.15, -0.1) is 0 Å². The van der Waals surface area contributed by atoms with Crippen molar-refractivity contribution < 1.29 is 13.9 Å². The number of nitrogens with zero attached hydrogens (tertiary/aromatic N) is 5. The highest BCUT2D eigenvalue weighted by atomic mass is 19.1. The summed E-state index contributed by atoms with van der Waals surface area (Å²) in [4.78, 5) is 19.2. The Morgan fingerprint density at radius 1 is 1.08 bits per heavy atom. The van der Waals surface area contributed by atoms with Crippen molar-refractivity contribution in [3.05, 3.63) is 78.8 Å². The lowest BCUT2D eigenvalue weighted by Gasteiger charge is -2.26. The van der Waals surface area contributed by atoms with Gasteiger partial charge >= 0.3 is 6.03 Å². The SMILES string of the molecule is O=C(NCC1c2ccccc2-c2cncn21)Nc1ccc(-c2cnn(CCN3CCOCC3)c2)c(F)c1. The third-order valence-corrected chi connectivity index (χ3v) is 6.97. The highest BCUT2D eigenvalue weighted by Gasteiger charge is 2.28. The van der Waals surface area contributed by atoms with E-state index in [9.17, 15) is 9.18 Å². The number of morpholine rings is 1. The Labute approximate surface area is 213 Å². The summed E-state index contributed by atoms with van der Waals surface area (Å²) < 4.78 is 24.2. The van der Waals surface area contributed by atoms with Gasteiger partial charge in [-0.3, -0.25) is 9.58 Å². The fourth-order valence-electron chi connectivity index (χ4n) is 5.03. The molecule has 9 nitrogen and oxygen atoms in total. The number of carbonyl (C=O) groups is 1. The number of amides is 2. The van der Waals surface area contributed by atoms with E-state index >= 15 is 0 Å². The Hall–Kier alpha value is -4.02. The molecule has 0 saturated carbocycles. The van der Waals surface area contributed by atoms with Crippen LogP contribution in [0.25, 0.3) is 22.4 Å². The number of rotatable bonds is 7. The fourth-order valence-corrected chi connectivity index (χ4v) is 5.03. The van der Waals surface area contributed by atoms with E-state index in [1.165, 1.54) is 6.07 Å². The number of hydrogen-bond acceptors (Lipinski definition) is 5. The van der Waals surface area contributed by atoms with Crippen LogP contribution >= 0.6 is 0 Å². The predicted octanol–water partition coefficient (Wildman–Crippen LogP) is 3.61. The van der Waals surface area contributed by atoms with Crippen LogP contribution in [0.3, 0.4) is 0 Å². The van der Waals surface area contributed by atoms with Gasteiger partial charge in [0.15, 0.2) is 0 Å². The average Bonchev–Trinajstić information content (AvgIpc) is 3.64. The molecule has 1 atom stereocenters. The Morgan fingerprint density at radius 2 is 1.95 bits per heavy atom. The van der Waals surface area contributed by atoms with Crippen LogP contribution in [0, 0.1) is 5.82 Å². The molecule has 10 heteroatoms. The van der Waals surface area contributed by atoms with Crippen molar-refractivity contribution in [2.24, 2.45) is 0 Å². The number of hydrogen-bond donors (Lipinski definition) is 2. The summed E-state index contributed by atoms with van der Waals surface area (Å²) in [6.45, 7) is 5.35. The van der Waals surface area contributed by atoms with Gasteiger partial charge in [0.25, 0.3) is 0 Å². The molecule has 0 spiro atoms. The fraction of sp³-hybridized carbons (Fsp3) is 0.296. The van der Waals surface area contributed by atoms with Crippen LogP contribution in [-0.2, 0) is 11.3 Å². The van der Waals surface area contributed by atoms with Gasteiger partial charge in [-0.2, -0.15) is 5.10 Å². The highest BCUT2D eigenvalue weighted by molar-refractivity contribution is 5.89. The molecule has 1 unspecified atom stereocenters. The standard InChI is InChI=1S/C27H28FN7O2/c28-24-13-20(5-6-21(24)19-14-31-34(17-19)8-7-33-9-11-37-12-10-33)32-27(36)30-16-26-23-4-2-1-3-22(23)25-15-29-18-35(25)26/h1-6,13-15,17-18,26H,7-12,16H2,(H2,30,32,36). The van der Waals surface area contributed by atoms with Crippen LogP contribution < -0.4 is 10.6 Å². The van der Waals surface area contributed by atoms with Crippen molar-refractivity contribution in [3.63, 3.8) is 0 Å². The second-order valence-corrected chi connectivity index (χ2v) is 9.26. The molecule has 2 aromatic carbocycles. The van der Waals surface area contributed by atoms with Crippen molar-refractivity contribution >= 4 is 11.7 Å². The van der Waals surface area contributed by atoms with Gasteiger partial charge in [0, 0.05) is 54.8 Å². The van der Waals surface area contributed by atoms with E-state index in [-0.39, 0.29) is 6.04 Å². The summed E-state index contributed by atoms with van der Waals surface area (Å²) in [5.41, 5.74) is 4.82. The molecule has 1 saturated heterocycles. The van der Waals surface area contributed by atoms with Gasteiger partial charge in [-0.1, -0.05) is 24.3 Å². The summed E-state index contributed by atoms with van der Waals surface area (Å²) in [7, 11) is 0. The molecule has 1 fully saturated rings. The van der Waals surface area contributed by atoms with Crippen molar-refractivity contribution in [3.8, 4) is 22.4 Å². The Bertz CT molecular complexity index is 1410. The second-order valence-electron chi connectivity index (χ2n) is 9.26. The zero-order valence-electron chi connectivity index (χ0n) is 20.3. The normalized spacial score (nSPS) is 16.8. The highest BCUT2D eigenvalue weighted by Crippen LogP contribution is 2.38. The molecule has 0 bridgehead atoms. The quantitative estimate of drug-likeness (QED) is 0.404. The minimum atomic E-state index is -0.418. The van der Waals surface area contributed by atoms with Gasteiger partial charge < -0.3 is 19.9 Å². The number of benzene rings is 2. The number of aromatic nitrogens is 4. The lowest BCUT2D eigenvalue weighted by atomic mass is 10.0. The Balaban J connectivity index is 1.06. The number of imidazole rings is 1. The number of halogens is 1. The smallest absolute Gasteiger partial charge is 0.319 e. The third kappa shape index (κ3) is 4.85. The summed E-state index contributed by atoms with van der Waals surface area (Å²) in [5, 5.41) is 10.0. The van der Waals surface area contributed by atoms with E-state index in [0.29, 0.717) is 23.4 Å². The third-order valence-electron chi connectivity index (χ3n) is 6.97. The van der Waals surface area contributed by atoms with Crippen LogP contribution in [0.5, 0.6) is 0 Å². The first-order valence-electron chi connectivity index (χ1n) is 12.4. The molecule has 2 amide bonds. The van der Waals surface area contributed by atoms with Crippen molar-refractivity contribution in [2.45, 2.75) is 12.6 Å². The largest absolute Gasteiger partial charge is 0.379 e. The van der Waals surface area contributed by atoms with Crippen molar-refractivity contribution in [1.82, 2.24) is 29.5 Å². The Kier molecular flexibility index (Phi) is 6.42. The van der Waals surface area contributed by atoms with Gasteiger partial charge in [-0.05, 0) is 23.8 Å². The summed E-state index contributed by atoms with van der Waals surface area (Å²) in [5.74, 6) is -0.418. The van der Waals surface area contributed by atoms with Crippen molar-refractivity contribution in [2.75, 3.05) is 44.7 Å². The Morgan fingerprint density at radius 3 is 2.81 bits per heavy atom. The molecule has 4 aromatic rings. The van der Waals surface area contributed by atoms with Crippen LogP contribution in [0.4, 0.5) is 14.9 Å². The summed E-state index contributed by atoms with van der Waals surface area (Å²) in [6, 6.07) is 12.4. The molecule has 190 valence electrons. The lowest BCUT2D eigenvalue weighted by molar-refractivity contribution is 0.0360. The second kappa shape index (κ2) is 10.2. The molecule has 2 aliphatic heterocycles. The first-order chi connectivity index (χ1) is 18.2. The van der Waals surface area contributed by atoms with Crippen LogP contribution in [-0.4, -0.2) is 69.7 Å². The first-order valence-corrected chi connectivity index (χ1v) is 12.4. The zero-order chi connectivity index (χ0) is 25.2. The number of fused-ring (bicyclic) bond motifs is 3. The number of urea groups is 1. The maximum Gasteiger partial charge on any atom is 0.319 e. The minimum Gasteiger partial charge on any atom is -0.379 e. The topological polar surface area (TPSA) is 89.2 Å². The van der Waals surface area contributed by atoms with E-state index < -0.39 is 11.8 Å². The molecule has 0 radical (unpaired) electrons. The van der Waals surface area contributed by atoms with Gasteiger partial charge in [0.05, 0.1) is 50.2 Å². The molecule has 37 heavy (non-hydrogen) atoms. The van der Waals surface area contributed by atoms with Gasteiger partial charge in [-0.25, -0.2) is 14.2 Å². The first kappa shape index (κ1) is 23.4. The molecule has 2 N–H and O–H groups in total. The molecule has 0 aliphatic carbocycles. The number of carbonyl (C=O) groups excluding carboxylic acids is 1. The zero-order valence-corrected chi connectivity index (χ0v) is 20.3. The van der Waals surface area contributed by atoms with Gasteiger partial charge in [0.2, 0.25) is 0 Å². The lowest BCUT2D eigenvalue weighted by Crippen LogP contribution is -2.38. The van der Waals surface area contributed by atoms with Crippen LogP contribution in [0.2, 0.25) is 0 Å². The number of ether oxygens (including phenoxy) is 1. The van der Waals surface area contributed by atoms with Gasteiger partial charge in [0.1, 0.15) is 5.82 Å². The molecule has 6 rings (SSSR count). The molecule has 4 heterocycles. The van der Waals surface area contributed by atoms with E-state index in [1.807, 2.05) is 29.2 Å². The number of anilines is 1. The van der Waals surface area contributed by atoms with Crippen LogP contribution in [0.1, 0.15) is 11.6 Å². The molecule has 2 aromatic heterocycles. The summed E-state index contributed by atoms with van der Waals surface area (Å²) in [6.07, 6.45) is 7.12. The van der Waals surface area contributed by atoms with Crippen LogP contribution in [0.15, 0.2) is 67.4 Å². The monoisotopic (exact) mass is 501 g/mol. The maximum absolute atomic E-state index is 15.0. The molecular formula is C27H28FN7O2. The van der Waals surface area contributed by atoms with E-state index in [2.05, 4.69) is 42.3 Å².